The first-order chi connectivity index (χ1) is 14.6. The minimum atomic E-state index is -2.08. The first-order valence-corrected chi connectivity index (χ1v) is 10.0. The molecule has 0 bridgehead atoms. The lowest BCUT2D eigenvalue weighted by molar-refractivity contribution is -0.173. The number of aliphatic hydroxyl groups excluding tert-OH is 2. The van der Waals surface area contributed by atoms with Crippen molar-refractivity contribution in [1.29, 1.82) is 0 Å². The predicted molar refractivity (Wildman–Crippen MR) is 109 cm³/mol. The summed E-state index contributed by atoms with van der Waals surface area (Å²) in [6.45, 7) is 4.58. The molecule has 2 aliphatic heterocycles. The minimum Gasteiger partial charge on any atom is -0.461 e. The maximum absolute atomic E-state index is 13.2. The Labute approximate surface area is 180 Å². The zero-order valence-electron chi connectivity index (χ0n) is 17.6. The molecule has 2 N–H and O–H groups in total. The van der Waals surface area contributed by atoms with Gasteiger partial charge in [-0.25, -0.2) is 0 Å². The molecular formula is C23H26O8. The van der Waals surface area contributed by atoms with E-state index in [0.29, 0.717) is 11.3 Å². The zero-order valence-corrected chi connectivity index (χ0v) is 17.6. The van der Waals surface area contributed by atoms with Gasteiger partial charge in [-0.1, -0.05) is 30.4 Å². The SMILES string of the molecule is C/C=C/C=C/C=C\C1=CC2=CC(=O)C(C)(OC(=O)CC(O)CC(C)O)C(=O)C23OC3O1. The number of hydrogen-bond donors (Lipinski definition) is 2. The molecule has 31 heavy (non-hydrogen) atoms. The van der Waals surface area contributed by atoms with E-state index in [4.69, 9.17) is 14.2 Å². The predicted octanol–water partition coefficient (Wildman–Crippen LogP) is 1.59. The quantitative estimate of drug-likeness (QED) is 0.258. The van der Waals surface area contributed by atoms with Crippen LogP contribution in [0.4, 0.5) is 0 Å². The molecule has 0 aromatic heterocycles. The lowest BCUT2D eigenvalue weighted by Gasteiger charge is -2.33. The summed E-state index contributed by atoms with van der Waals surface area (Å²) in [5.74, 6) is -1.91. The maximum atomic E-state index is 13.2. The second-order valence-corrected chi connectivity index (χ2v) is 7.86. The number of rotatable bonds is 8. The average molecular weight is 430 g/mol. The molecule has 3 rings (SSSR count). The van der Waals surface area contributed by atoms with Gasteiger partial charge in [0.1, 0.15) is 5.76 Å². The van der Waals surface area contributed by atoms with E-state index in [1.807, 2.05) is 25.2 Å². The van der Waals surface area contributed by atoms with Crippen LogP contribution in [0.1, 0.15) is 33.6 Å². The Balaban J connectivity index is 1.77. The Hall–Kier alpha value is -2.81. The van der Waals surface area contributed by atoms with E-state index in [-0.39, 0.29) is 6.42 Å². The van der Waals surface area contributed by atoms with E-state index in [2.05, 4.69) is 0 Å². The highest BCUT2D eigenvalue weighted by molar-refractivity contribution is 6.23. The van der Waals surface area contributed by atoms with Gasteiger partial charge in [-0.2, -0.15) is 0 Å². The summed E-state index contributed by atoms with van der Waals surface area (Å²) in [6, 6.07) is 0. The van der Waals surface area contributed by atoms with Crippen molar-refractivity contribution in [2.45, 2.75) is 63.3 Å². The second kappa shape index (κ2) is 8.74. The van der Waals surface area contributed by atoms with Gasteiger partial charge in [-0.3, -0.25) is 14.4 Å². The number of epoxide rings is 1. The van der Waals surface area contributed by atoms with Crippen LogP contribution in [0.15, 0.2) is 59.9 Å². The lowest BCUT2D eigenvalue weighted by Crippen LogP contribution is -2.57. The molecule has 3 aliphatic rings. The molecule has 1 fully saturated rings. The van der Waals surface area contributed by atoms with Gasteiger partial charge in [0.05, 0.1) is 18.6 Å². The summed E-state index contributed by atoms with van der Waals surface area (Å²) in [6.07, 6.45) is 10.2. The first kappa shape index (κ1) is 22.9. The van der Waals surface area contributed by atoms with Crippen LogP contribution in [0.3, 0.4) is 0 Å². The van der Waals surface area contributed by atoms with Gasteiger partial charge in [0.15, 0.2) is 0 Å². The zero-order chi connectivity index (χ0) is 22.8. The van der Waals surface area contributed by atoms with E-state index in [1.165, 1.54) is 19.9 Å². The fourth-order valence-corrected chi connectivity index (χ4v) is 3.56. The van der Waals surface area contributed by atoms with Gasteiger partial charge in [0.2, 0.25) is 29.1 Å². The first-order valence-electron chi connectivity index (χ1n) is 10.0. The Morgan fingerprint density at radius 1 is 1.23 bits per heavy atom. The molecule has 0 aromatic carbocycles. The van der Waals surface area contributed by atoms with Gasteiger partial charge in [-0.15, -0.1) is 0 Å². The minimum absolute atomic E-state index is 0.0360. The average Bonchev–Trinajstić information content (AvgIpc) is 3.40. The number of ether oxygens (including phenoxy) is 3. The van der Waals surface area contributed by atoms with Crippen LogP contribution >= 0.6 is 0 Å². The fourth-order valence-electron chi connectivity index (χ4n) is 3.56. The van der Waals surface area contributed by atoms with Gasteiger partial charge >= 0.3 is 5.97 Å². The molecule has 0 saturated carbocycles. The van der Waals surface area contributed by atoms with Crippen LogP contribution in [-0.4, -0.2) is 57.4 Å². The van der Waals surface area contributed by atoms with Crippen LogP contribution in [0.25, 0.3) is 0 Å². The molecule has 8 nitrogen and oxygen atoms in total. The standard InChI is InChI=1S/C23H26O8/c1-4-5-6-7-8-9-17-11-15-12-18(26)22(3,20(28)23(15)21(29-17)31-23)30-19(27)13-16(25)10-14(2)24/h4-9,11-12,14,16,21,24-25H,10,13H2,1-3H3/b5-4+,7-6+,9-8-. The van der Waals surface area contributed by atoms with Crippen molar-refractivity contribution < 1.29 is 38.8 Å². The number of carbonyl (C=O) groups excluding carboxylic acids is 3. The molecular weight excluding hydrogens is 404 g/mol. The third-order valence-electron chi connectivity index (χ3n) is 5.18. The van der Waals surface area contributed by atoms with Crippen LogP contribution in [0.5, 0.6) is 0 Å². The van der Waals surface area contributed by atoms with Crippen LogP contribution in [-0.2, 0) is 28.6 Å². The lowest BCUT2D eigenvalue weighted by atomic mass is 9.75. The van der Waals surface area contributed by atoms with Gasteiger partial charge < -0.3 is 24.4 Å². The van der Waals surface area contributed by atoms with E-state index in [0.717, 1.165) is 0 Å². The van der Waals surface area contributed by atoms with Crippen molar-refractivity contribution >= 4 is 17.5 Å². The Morgan fingerprint density at radius 2 is 1.94 bits per heavy atom. The molecule has 0 aromatic rings. The van der Waals surface area contributed by atoms with Crippen molar-refractivity contribution in [1.82, 2.24) is 0 Å². The van der Waals surface area contributed by atoms with E-state index >= 15 is 0 Å². The summed E-state index contributed by atoms with van der Waals surface area (Å²) in [5.41, 5.74) is -3.22. The third kappa shape index (κ3) is 4.46. The highest BCUT2D eigenvalue weighted by atomic mass is 16.8. The van der Waals surface area contributed by atoms with E-state index in [1.54, 1.807) is 24.3 Å². The van der Waals surface area contributed by atoms with Crippen LogP contribution in [0.2, 0.25) is 0 Å². The van der Waals surface area contributed by atoms with Gasteiger partial charge in [0, 0.05) is 5.57 Å². The Bertz CT molecular complexity index is 922. The molecule has 8 heteroatoms. The van der Waals surface area contributed by atoms with Crippen molar-refractivity contribution in [2.75, 3.05) is 0 Å². The topological polar surface area (TPSA) is 123 Å². The van der Waals surface area contributed by atoms with Crippen molar-refractivity contribution in [3.63, 3.8) is 0 Å². The highest BCUT2D eigenvalue weighted by Crippen LogP contribution is 2.54. The van der Waals surface area contributed by atoms with Crippen LogP contribution < -0.4 is 0 Å². The van der Waals surface area contributed by atoms with E-state index in [9.17, 15) is 24.6 Å². The van der Waals surface area contributed by atoms with Crippen molar-refractivity contribution in [3.8, 4) is 0 Å². The smallest absolute Gasteiger partial charge is 0.309 e. The molecule has 5 unspecified atom stereocenters. The molecule has 166 valence electrons. The largest absolute Gasteiger partial charge is 0.461 e. The molecule has 2 heterocycles. The fraction of sp³-hybridized carbons (Fsp3) is 0.435. The summed E-state index contributed by atoms with van der Waals surface area (Å²) >= 11 is 0. The van der Waals surface area contributed by atoms with E-state index < -0.39 is 53.7 Å². The molecule has 5 atom stereocenters. The molecule has 1 aliphatic carbocycles. The monoisotopic (exact) mass is 430 g/mol. The van der Waals surface area contributed by atoms with Crippen LogP contribution in [0, 0.1) is 0 Å². The highest BCUT2D eigenvalue weighted by Gasteiger charge is 2.75. The van der Waals surface area contributed by atoms with Gasteiger partial charge in [0.25, 0.3) is 0 Å². The Kier molecular flexibility index (Phi) is 6.45. The number of hydrogen-bond acceptors (Lipinski definition) is 8. The second-order valence-electron chi connectivity index (χ2n) is 7.86. The third-order valence-corrected chi connectivity index (χ3v) is 5.18. The normalized spacial score (nSPS) is 31.7. The number of ketones is 2. The molecule has 0 amide bonds. The number of Topliss-reactive ketones (excluding diaryl/α,β-unsaturated/α-hetero) is 1. The number of esters is 1. The number of aliphatic hydroxyl groups is 2. The summed E-state index contributed by atoms with van der Waals surface area (Å²) in [4.78, 5) is 38.2. The molecule has 0 radical (unpaired) electrons. The Morgan fingerprint density at radius 3 is 2.61 bits per heavy atom. The summed E-state index contributed by atoms with van der Waals surface area (Å²) < 4.78 is 16.4. The summed E-state index contributed by atoms with van der Waals surface area (Å²) in [7, 11) is 0. The number of allylic oxidation sites excluding steroid dienone is 6. The maximum Gasteiger partial charge on any atom is 0.309 e. The molecule has 1 spiro atoms. The van der Waals surface area contributed by atoms with Crippen molar-refractivity contribution in [3.05, 3.63) is 59.9 Å². The number of carbonyl (C=O) groups is 3. The van der Waals surface area contributed by atoms with Crippen molar-refractivity contribution in [2.24, 2.45) is 0 Å². The molecule has 1 saturated heterocycles. The summed E-state index contributed by atoms with van der Waals surface area (Å²) in [5, 5.41) is 19.1. The van der Waals surface area contributed by atoms with Gasteiger partial charge in [-0.05, 0) is 45.4 Å².